The molecule has 12 heavy (non-hydrogen) atoms. The van der Waals surface area contributed by atoms with Crippen LogP contribution in [0.5, 0.6) is 0 Å². The third-order valence-corrected chi connectivity index (χ3v) is 18.5. The Morgan fingerprint density at radius 3 is 0.667 bits per heavy atom. The highest BCUT2D eigenvalue weighted by Gasteiger charge is 2.43. The molecule has 0 unspecified atom stereocenters. The van der Waals surface area contributed by atoms with Crippen molar-refractivity contribution in [2.45, 2.75) is 18.3 Å². The molecular formula is C4H4S8. The van der Waals surface area contributed by atoms with Crippen LogP contribution < -0.4 is 0 Å². The molecule has 3 aliphatic rings. The van der Waals surface area contributed by atoms with Crippen LogP contribution in [0.1, 0.15) is 0 Å². The predicted molar refractivity (Wildman–Crippen MR) is 75.9 cm³/mol. The lowest BCUT2D eigenvalue weighted by Crippen LogP contribution is -2.25. The van der Waals surface area contributed by atoms with Crippen molar-refractivity contribution < 1.29 is 0 Å². The van der Waals surface area contributed by atoms with Crippen LogP contribution >= 0.6 is 86.4 Å². The molecule has 0 bridgehead atoms. The molecule has 0 radical (unpaired) electrons. The standard InChI is InChI=1S/C4H4S8/c5-1-2(6-5)10-12-4-3(7-8-4)11-9-1/h1-4H. The molecule has 0 amide bonds. The Bertz CT molecular complexity index is 144. The van der Waals surface area contributed by atoms with Gasteiger partial charge in [-0.3, -0.25) is 0 Å². The third-order valence-electron chi connectivity index (χ3n) is 1.43. The molecule has 0 N–H and O–H groups in total. The maximum absolute atomic E-state index is 2.10. The summed E-state index contributed by atoms with van der Waals surface area (Å²) in [5.41, 5.74) is 0. The minimum Gasteiger partial charge on any atom is -0.0754 e. The summed E-state index contributed by atoms with van der Waals surface area (Å²) in [6.45, 7) is 0. The van der Waals surface area contributed by atoms with E-state index in [1.54, 1.807) is 0 Å². The first kappa shape index (κ1) is 9.99. The summed E-state index contributed by atoms with van der Waals surface area (Å²) in [4.78, 5) is 0. The van der Waals surface area contributed by atoms with Crippen molar-refractivity contribution in [1.82, 2.24) is 0 Å². The van der Waals surface area contributed by atoms with Crippen LogP contribution in [0.2, 0.25) is 0 Å². The van der Waals surface area contributed by atoms with Crippen molar-refractivity contribution in [3.05, 3.63) is 0 Å². The second-order valence-electron chi connectivity index (χ2n) is 2.24. The Labute approximate surface area is 103 Å². The second kappa shape index (κ2) is 4.35. The van der Waals surface area contributed by atoms with Crippen molar-refractivity contribution >= 4 is 86.4 Å². The van der Waals surface area contributed by atoms with E-state index in [-0.39, 0.29) is 0 Å². The van der Waals surface area contributed by atoms with Gasteiger partial charge in [-0.2, -0.15) is 0 Å². The second-order valence-corrected chi connectivity index (χ2v) is 13.7. The van der Waals surface area contributed by atoms with Gasteiger partial charge in [0.2, 0.25) is 0 Å². The molecule has 3 aliphatic heterocycles. The molecule has 0 aromatic rings. The monoisotopic (exact) mass is 308 g/mol. The van der Waals surface area contributed by atoms with Gasteiger partial charge in [-0.15, -0.1) is 0 Å². The summed E-state index contributed by atoms with van der Waals surface area (Å²) >= 11 is 0. The lowest BCUT2D eigenvalue weighted by atomic mass is 10.9. The maximum atomic E-state index is 2.10. The highest BCUT2D eigenvalue weighted by atomic mass is 33.2. The van der Waals surface area contributed by atoms with Crippen LogP contribution in [0.15, 0.2) is 0 Å². The number of fused-ring (bicyclic) bond motifs is 2. The normalized spacial score (nSPS) is 52.0. The van der Waals surface area contributed by atoms with Gasteiger partial charge >= 0.3 is 0 Å². The predicted octanol–water partition coefficient (Wildman–Crippen LogP) is 4.86. The Hall–Kier alpha value is 2.80. The Balaban J connectivity index is 1.64. The first-order valence-electron chi connectivity index (χ1n) is 3.22. The number of hydrogen-bond acceptors (Lipinski definition) is 8. The van der Waals surface area contributed by atoms with Gasteiger partial charge in [-0.1, -0.05) is 86.4 Å². The van der Waals surface area contributed by atoms with Crippen LogP contribution in [0, 0.1) is 0 Å². The molecule has 0 aliphatic carbocycles. The van der Waals surface area contributed by atoms with E-state index < -0.39 is 0 Å². The fourth-order valence-electron chi connectivity index (χ4n) is 0.757. The smallest absolute Gasteiger partial charge is 0.0754 e. The molecule has 0 saturated carbocycles. The van der Waals surface area contributed by atoms with Gasteiger partial charge in [0.25, 0.3) is 0 Å². The van der Waals surface area contributed by atoms with Gasteiger partial charge in [-0.05, 0) is 0 Å². The van der Waals surface area contributed by atoms with Gasteiger partial charge in [-0.25, -0.2) is 0 Å². The van der Waals surface area contributed by atoms with E-state index in [9.17, 15) is 0 Å². The summed E-state index contributed by atoms with van der Waals surface area (Å²) in [6, 6.07) is 0. The molecular weight excluding hydrogens is 305 g/mol. The first-order chi connectivity index (χ1) is 5.93. The molecule has 3 heterocycles. The van der Waals surface area contributed by atoms with Crippen LogP contribution in [-0.2, 0) is 0 Å². The van der Waals surface area contributed by atoms with E-state index in [1.807, 2.05) is 43.2 Å². The van der Waals surface area contributed by atoms with Crippen LogP contribution in [-0.4, -0.2) is 18.3 Å². The Morgan fingerprint density at radius 1 is 0.333 bits per heavy atom. The zero-order valence-corrected chi connectivity index (χ0v) is 12.1. The lowest BCUT2D eigenvalue weighted by molar-refractivity contribution is 1.35. The van der Waals surface area contributed by atoms with E-state index in [4.69, 9.17) is 0 Å². The summed E-state index contributed by atoms with van der Waals surface area (Å²) < 4.78 is 3.41. The lowest BCUT2D eigenvalue weighted by Gasteiger charge is -2.41. The van der Waals surface area contributed by atoms with Gasteiger partial charge in [0, 0.05) is 0 Å². The minimum atomic E-state index is 0.852. The summed E-state index contributed by atoms with van der Waals surface area (Å²) in [7, 11) is 16.6. The molecule has 0 atom stereocenters. The quantitative estimate of drug-likeness (QED) is 0.575. The average molecular weight is 309 g/mol. The first-order valence-corrected chi connectivity index (χ1v) is 12.3. The fourth-order valence-corrected chi connectivity index (χ4v) is 19.6. The number of hydrogen-bond donors (Lipinski definition) is 0. The molecule has 3 rings (SSSR count). The van der Waals surface area contributed by atoms with Gasteiger partial charge in [0.05, 0.1) is 18.3 Å². The minimum absolute atomic E-state index is 0.852. The van der Waals surface area contributed by atoms with Gasteiger partial charge < -0.3 is 0 Å². The zero-order valence-electron chi connectivity index (χ0n) is 5.58. The van der Waals surface area contributed by atoms with Crippen molar-refractivity contribution in [2.75, 3.05) is 0 Å². The van der Waals surface area contributed by atoms with Crippen molar-refractivity contribution in [3.63, 3.8) is 0 Å². The molecule has 68 valence electrons. The van der Waals surface area contributed by atoms with Gasteiger partial charge in [0.1, 0.15) is 0 Å². The summed E-state index contributed by atoms with van der Waals surface area (Å²) in [5.74, 6) is 0. The van der Waals surface area contributed by atoms with Crippen LogP contribution in [0.25, 0.3) is 0 Å². The maximum Gasteiger partial charge on any atom is 0.0936 e. The molecule has 0 aromatic heterocycles. The average Bonchev–Trinajstić information content (AvgIpc) is 2.00. The molecule has 0 spiro atoms. The van der Waals surface area contributed by atoms with Gasteiger partial charge in [0.15, 0.2) is 0 Å². The number of rotatable bonds is 0. The fraction of sp³-hybridized carbons (Fsp3) is 1.00. The van der Waals surface area contributed by atoms with Crippen molar-refractivity contribution in [2.24, 2.45) is 0 Å². The SMILES string of the molecule is S1SC2SSC3SSC3SSC12. The summed E-state index contributed by atoms with van der Waals surface area (Å²) in [5, 5.41) is 0. The van der Waals surface area contributed by atoms with E-state index >= 15 is 0 Å². The highest BCUT2D eigenvalue weighted by Crippen LogP contribution is 2.71. The topological polar surface area (TPSA) is 0 Å². The Morgan fingerprint density at radius 2 is 0.500 bits per heavy atom. The molecule has 3 fully saturated rings. The highest BCUT2D eigenvalue weighted by molar-refractivity contribution is 8.98. The van der Waals surface area contributed by atoms with Crippen molar-refractivity contribution in [1.29, 1.82) is 0 Å². The third kappa shape index (κ3) is 1.88. The van der Waals surface area contributed by atoms with E-state index in [2.05, 4.69) is 43.2 Å². The van der Waals surface area contributed by atoms with E-state index in [0.29, 0.717) is 0 Å². The van der Waals surface area contributed by atoms with Crippen molar-refractivity contribution in [3.8, 4) is 0 Å². The molecule has 3 saturated heterocycles. The zero-order chi connectivity index (χ0) is 7.97. The van der Waals surface area contributed by atoms with E-state index in [1.165, 1.54) is 0 Å². The largest absolute Gasteiger partial charge is 0.0936 e. The van der Waals surface area contributed by atoms with E-state index in [0.717, 1.165) is 18.3 Å². The summed E-state index contributed by atoms with van der Waals surface area (Å²) in [6.07, 6.45) is 0. The van der Waals surface area contributed by atoms with Crippen LogP contribution in [0.4, 0.5) is 0 Å². The molecule has 0 nitrogen and oxygen atoms in total. The Kier molecular flexibility index (Phi) is 3.62. The molecule has 8 heteroatoms. The molecule has 0 aromatic carbocycles. The van der Waals surface area contributed by atoms with Crippen LogP contribution in [0.3, 0.4) is 0 Å².